The van der Waals surface area contributed by atoms with E-state index in [0.717, 1.165) is 4.88 Å². The van der Waals surface area contributed by atoms with Gasteiger partial charge < -0.3 is 10.5 Å². The molecule has 4 heteroatoms. The predicted molar refractivity (Wildman–Crippen MR) is 45.5 cm³/mol. The SMILES string of the molecule is CCOC(CN)c1ccns1. The molecule has 0 aliphatic carbocycles. The van der Waals surface area contributed by atoms with Crippen LogP contribution >= 0.6 is 11.5 Å². The Kier molecular flexibility index (Phi) is 3.48. The normalized spacial score (nSPS) is 13.3. The summed E-state index contributed by atoms with van der Waals surface area (Å²) in [6, 6.07) is 1.94. The summed E-state index contributed by atoms with van der Waals surface area (Å²) < 4.78 is 9.36. The highest BCUT2D eigenvalue weighted by atomic mass is 32.1. The van der Waals surface area contributed by atoms with Gasteiger partial charge in [-0.05, 0) is 24.5 Å². The van der Waals surface area contributed by atoms with E-state index in [-0.39, 0.29) is 6.10 Å². The zero-order chi connectivity index (χ0) is 8.10. The molecule has 1 heterocycles. The van der Waals surface area contributed by atoms with Crippen molar-refractivity contribution in [1.29, 1.82) is 0 Å². The molecule has 0 aromatic carbocycles. The van der Waals surface area contributed by atoms with Gasteiger partial charge in [0.05, 0.1) is 4.88 Å². The first-order valence-corrected chi connectivity index (χ1v) is 4.38. The van der Waals surface area contributed by atoms with E-state index in [2.05, 4.69) is 4.37 Å². The van der Waals surface area contributed by atoms with Crippen molar-refractivity contribution in [2.45, 2.75) is 13.0 Å². The molecule has 1 rings (SSSR count). The Morgan fingerprint density at radius 2 is 2.64 bits per heavy atom. The minimum atomic E-state index is 0.0347. The summed E-state index contributed by atoms with van der Waals surface area (Å²) in [5, 5.41) is 0. The van der Waals surface area contributed by atoms with Crippen molar-refractivity contribution in [3.63, 3.8) is 0 Å². The van der Waals surface area contributed by atoms with Crippen molar-refractivity contribution in [1.82, 2.24) is 4.37 Å². The Morgan fingerprint density at radius 1 is 1.82 bits per heavy atom. The van der Waals surface area contributed by atoms with Crippen LogP contribution in [0, 0.1) is 0 Å². The quantitative estimate of drug-likeness (QED) is 0.742. The summed E-state index contributed by atoms with van der Waals surface area (Å²) >= 11 is 1.44. The highest BCUT2D eigenvalue weighted by molar-refractivity contribution is 7.05. The smallest absolute Gasteiger partial charge is 0.105 e. The van der Waals surface area contributed by atoms with Crippen LogP contribution in [-0.4, -0.2) is 17.5 Å². The van der Waals surface area contributed by atoms with Gasteiger partial charge in [0.25, 0.3) is 0 Å². The van der Waals surface area contributed by atoms with Crippen molar-refractivity contribution < 1.29 is 4.74 Å². The minimum absolute atomic E-state index is 0.0347. The number of nitrogens with two attached hydrogens (primary N) is 1. The number of nitrogens with zero attached hydrogens (tertiary/aromatic N) is 1. The molecule has 0 radical (unpaired) electrons. The molecule has 0 aliphatic rings. The van der Waals surface area contributed by atoms with Crippen LogP contribution in [0.25, 0.3) is 0 Å². The summed E-state index contributed by atoms with van der Waals surface area (Å²) in [6.45, 7) is 3.18. The van der Waals surface area contributed by atoms with Crippen molar-refractivity contribution in [2.75, 3.05) is 13.2 Å². The van der Waals surface area contributed by atoms with Crippen LogP contribution in [0.4, 0.5) is 0 Å². The van der Waals surface area contributed by atoms with Crippen LogP contribution < -0.4 is 5.73 Å². The average Bonchev–Trinajstić information content (AvgIpc) is 2.52. The molecule has 1 aromatic heterocycles. The maximum Gasteiger partial charge on any atom is 0.105 e. The van der Waals surface area contributed by atoms with Crippen LogP contribution in [0.3, 0.4) is 0 Å². The van der Waals surface area contributed by atoms with Gasteiger partial charge >= 0.3 is 0 Å². The van der Waals surface area contributed by atoms with E-state index in [0.29, 0.717) is 13.2 Å². The van der Waals surface area contributed by atoms with Gasteiger partial charge in [0, 0.05) is 19.3 Å². The summed E-state index contributed by atoms with van der Waals surface area (Å²) in [7, 11) is 0. The van der Waals surface area contributed by atoms with Crippen molar-refractivity contribution in [2.24, 2.45) is 5.73 Å². The molecule has 0 fully saturated rings. The molecule has 11 heavy (non-hydrogen) atoms. The molecule has 62 valence electrons. The van der Waals surface area contributed by atoms with Gasteiger partial charge in [-0.1, -0.05) is 0 Å². The van der Waals surface area contributed by atoms with E-state index < -0.39 is 0 Å². The van der Waals surface area contributed by atoms with Crippen LogP contribution in [0.15, 0.2) is 12.3 Å². The zero-order valence-electron chi connectivity index (χ0n) is 6.49. The molecule has 0 saturated heterocycles. The van der Waals surface area contributed by atoms with Crippen molar-refractivity contribution in [3.8, 4) is 0 Å². The Balaban J connectivity index is 2.56. The second-order valence-electron chi connectivity index (χ2n) is 2.09. The van der Waals surface area contributed by atoms with Crippen molar-refractivity contribution >= 4 is 11.5 Å². The molecule has 1 atom stereocenters. The van der Waals surface area contributed by atoms with E-state index in [9.17, 15) is 0 Å². The topological polar surface area (TPSA) is 48.1 Å². The van der Waals surface area contributed by atoms with Crippen LogP contribution in [0.2, 0.25) is 0 Å². The number of hydrogen-bond donors (Lipinski definition) is 1. The first-order valence-electron chi connectivity index (χ1n) is 3.60. The van der Waals surface area contributed by atoms with E-state index in [1.54, 1.807) is 6.20 Å². The molecule has 0 amide bonds. The standard InChI is InChI=1S/C7H12N2OS/c1-2-10-6(5-8)7-3-4-9-11-7/h3-4,6H,2,5,8H2,1H3. The third-order valence-corrected chi connectivity index (χ3v) is 2.19. The molecule has 1 aromatic rings. The lowest BCUT2D eigenvalue weighted by Gasteiger charge is -2.11. The largest absolute Gasteiger partial charge is 0.372 e. The summed E-state index contributed by atoms with van der Waals surface area (Å²) in [4.78, 5) is 1.11. The van der Waals surface area contributed by atoms with E-state index >= 15 is 0 Å². The molecule has 2 N–H and O–H groups in total. The van der Waals surface area contributed by atoms with Crippen LogP contribution in [0.5, 0.6) is 0 Å². The third-order valence-electron chi connectivity index (χ3n) is 1.36. The van der Waals surface area contributed by atoms with Gasteiger partial charge in [-0.3, -0.25) is 0 Å². The Labute approximate surface area is 70.3 Å². The Bertz CT molecular complexity index is 188. The van der Waals surface area contributed by atoms with Gasteiger partial charge in [-0.2, -0.15) is 0 Å². The van der Waals surface area contributed by atoms with Gasteiger partial charge in [-0.25, -0.2) is 4.37 Å². The molecule has 0 saturated carbocycles. The molecule has 1 unspecified atom stereocenters. The highest BCUT2D eigenvalue weighted by Gasteiger charge is 2.09. The fourth-order valence-corrected chi connectivity index (χ4v) is 1.51. The van der Waals surface area contributed by atoms with E-state index in [4.69, 9.17) is 10.5 Å². The second kappa shape index (κ2) is 4.43. The molecule has 0 spiro atoms. The van der Waals surface area contributed by atoms with Gasteiger partial charge in [0.1, 0.15) is 6.10 Å². The fraction of sp³-hybridized carbons (Fsp3) is 0.571. The maximum atomic E-state index is 5.50. The molecule has 0 aliphatic heterocycles. The average molecular weight is 172 g/mol. The molecular weight excluding hydrogens is 160 g/mol. The maximum absolute atomic E-state index is 5.50. The fourth-order valence-electron chi connectivity index (χ4n) is 0.859. The highest BCUT2D eigenvalue weighted by Crippen LogP contribution is 2.18. The lowest BCUT2D eigenvalue weighted by atomic mass is 10.3. The zero-order valence-corrected chi connectivity index (χ0v) is 7.30. The van der Waals surface area contributed by atoms with Gasteiger partial charge in [-0.15, -0.1) is 0 Å². The Hall–Kier alpha value is -0.450. The number of rotatable bonds is 4. The molecule has 0 bridgehead atoms. The Morgan fingerprint density at radius 3 is 3.09 bits per heavy atom. The van der Waals surface area contributed by atoms with Crippen LogP contribution in [-0.2, 0) is 4.74 Å². The van der Waals surface area contributed by atoms with E-state index in [1.165, 1.54) is 11.5 Å². The van der Waals surface area contributed by atoms with Gasteiger partial charge in [0.2, 0.25) is 0 Å². The van der Waals surface area contributed by atoms with Crippen LogP contribution in [0.1, 0.15) is 17.9 Å². The summed E-state index contributed by atoms with van der Waals surface area (Å²) in [5.74, 6) is 0. The molecule has 3 nitrogen and oxygen atoms in total. The summed E-state index contributed by atoms with van der Waals surface area (Å²) in [6.07, 6.45) is 1.80. The minimum Gasteiger partial charge on any atom is -0.372 e. The number of aromatic nitrogens is 1. The summed E-state index contributed by atoms with van der Waals surface area (Å²) in [5.41, 5.74) is 5.50. The van der Waals surface area contributed by atoms with Crippen molar-refractivity contribution in [3.05, 3.63) is 17.1 Å². The lowest BCUT2D eigenvalue weighted by molar-refractivity contribution is 0.0713. The first kappa shape index (κ1) is 8.64. The first-order chi connectivity index (χ1) is 5.38. The van der Waals surface area contributed by atoms with Gasteiger partial charge in [0.15, 0.2) is 0 Å². The number of hydrogen-bond acceptors (Lipinski definition) is 4. The monoisotopic (exact) mass is 172 g/mol. The predicted octanol–water partition coefficient (Wildman–Crippen LogP) is 1.18. The third kappa shape index (κ3) is 2.25. The van der Waals surface area contributed by atoms with E-state index in [1.807, 2.05) is 13.0 Å². The lowest BCUT2D eigenvalue weighted by Crippen LogP contribution is -2.14. The number of ether oxygens (including phenoxy) is 1. The molecular formula is C7H12N2OS. The second-order valence-corrected chi connectivity index (χ2v) is 2.96.